The Hall–Kier alpha value is -1.59. The summed E-state index contributed by atoms with van der Waals surface area (Å²) in [5.74, 6) is -0.0883. The predicted molar refractivity (Wildman–Crippen MR) is 103 cm³/mol. The maximum absolute atomic E-state index is 12.5. The van der Waals surface area contributed by atoms with E-state index < -0.39 is 0 Å². The van der Waals surface area contributed by atoms with Crippen molar-refractivity contribution in [3.63, 3.8) is 0 Å². The molecule has 1 aliphatic rings. The van der Waals surface area contributed by atoms with E-state index in [1.807, 2.05) is 18.2 Å². The number of likely N-dealkylation sites (N-methyl/N-ethyl adjacent to an activating group) is 1. The molecule has 0 saturated carbocycles. The number of amides is 1. The highest BCUT2D eigenvalue weighted by Gasteiger charge is 2.28. The van der Waals surface area contributed by atoms with E-state index in [1.54, 1.807) is 18.2 Å². The van der Waals surface area contributed by atoms with E-state index in [9.17, 15) is 4.79 Å². The van der Waals surface area contributed by atoms with Gasteiger partial charge in [0.25, 0.3) is 0 Å². The third-order valence-electron chi connectivity index (χ3n) is 4.43. The molecule has 1 fully saturated rings. The molecule has 3 rings (SSSR count). The number of nitrogens with zero attached hydrogens (tertiary/aromatic N) is 2. The zero-order valence-corrected chi connectivity index (χ0v) is 15.6. The minimum atomic E-state index is -0.0883. The molecule has 1 aliphatic heterocycles. The largest absolute Gasteiger partial charge is 0.324 e. The van der Waals surface area contributed by atoms with Crippen LogP contribution in [-0.4, -0.2) is 48.9 Å². The first-order valence-electron chi connectivity index (χ1n) is 8.25. The normalized spacial score (nSPS) is 18.9. The first-order valence-corrected chi connectivity index (χ1v) is 9.01. The van der Waals surface area contributed by atoms with Crippen LogP contribution in [0.3, 0.4) is 0 Å². The van der Waals surface area contributed by atoms with E-state index >= 15 is 0 Å². The lowest BCUT2D eigenvalue weighted by molar-refractivity contribution is -0.118. The molecule has 0 bridgehead atoms. The van der Waals surface area contributed by atoms with Crippen LogP contribution in [0.1, 0.15) is 11.6 Å². The summed E-state index contributed by atoms with van der Waals surface area (Å²) < 4.78 is 0. The van der Waals surface area contributed by atoms with Gasteiger partial charge in [-0.3, -0.25) is 9.69 Å². The van der Waals surface area contributed by atoms with Crippen LogP contribution < -0.4 is 5.32 Å². The fourth-order valence-corrected chi connectivity index (χ4v) is 3.44. The third kappa shape index (κ3) is 4.73. The highest BCUT2D eigenvalue weighted by molar-refractivity contribution is 6.35. The molecule has 0 aromatic heterocycles. The van der Waals surface area contributed by atoms with Gasteiger partial charge in [0.05, 0.1) is 17.3 Å². The lowest BCUT2D eigenvalue weighted by Crippen LogP contribution is -2.49. The van der Waals surface area contributed by atoms with Crippen LogP contribution in [0.2, 0.25) is 10.0 Å². The molecule has 2 aromatic carbocycles. The van der Waals surface area contributed by atoms with Crippen LogP contribution in [0.25, 0.3) is 0 Å². The molecule has 132 valence electrons. The summed E-state index contributed by atoms with van der Waals surface area (Å²) in [6.07, 6.45) is 0. The summed E-state index contributed by atoms with van der Waals surface area (Å²) in [6, 6.07) is 15.6. The monoisotopic (exact) mass is 377 g/mol. The molecule has 1 saturated heterocycles. The lowest BCUT2D eigenvalue weighted by atomic mass is 10.0. The maximum atomic E-state index is 12.5. The van der Waals surface area contributed by atoms with Gasteiger partial charge in [0.2, 0.25) is 5.91 Å². The van der Waals surface area contributed by atoms with Crippen LogP contribution in [0, 0.1) is 0 Å². The zero-order valence-electron chi connectivity index (χ0n) is 14.1. The Balaban J connectivity index is 1.71. The van der Waals surface area contributed by atoms with Gasteiger partial charge in [-0.2, -0.15) is 0 Å². The molecule has 1 unspecified atom stereocenters. The first kappa shape index (κ1) is 18.2. The van der Waals surface area contributed by atoms with Gasteiger partial charge in [-0.15, -0.1) is 0 Å². The molecule has 1 amide bonds. The highest BCUT2D eigenvalue weighted by Crippen LogP contribution is 2.27. The van der Waals surface area contributed by atoms with Crippen molar-refractivity contribution in [1.82, 2.24) is 9.80 Å². The van der Waals surface area contributed by atoms with Gasteiger partial charge in [0.1, 0.15) is 0 Å². The van der Waals surface area contributed by atoms with Crippen LogP contribution in [0.4, 0.5) is 5.69 Å². The number of rotatable bonds is 4. The van der Waals surface area contributed by atoms with Crippen LogP contribution in [0.5, 0.6) is 0 Å². The van der Waals surface area contributed by atoms with Crippen molar-refractivity contribution in [2.75, 3.05) is 38.5 Å². The fourth-order valence-electron chi connectivity index (χ4n) is 3.11. The maximum Gasteiger partial charge on any atom is 0.238 e. The summed E-state index contributed by atoms with van der Waals surface area (Å²) in [5, 5.41) is 3.90. The van der Waals surface area contributed by atoms with Gasteiger partial charge in [0, 0.05) is 30.7 Å². The first-order chi connectivity index (χ1) is 12.0. The van der Waals surface area contributed by atoms with Gasteiger partial charge >= 0.3 is 0 Å². The van der Waals surface area contributed by atoms with Crippen molar-refractivity contribution in [2.24, 2.45) is 0 Å². The van der Waals surface area contributed by atoms with E-state index in [4.69, 9.17) is 23.2 Å². The molecule has 0 aliphatic carbocycles. The number of hydrogen-bond acceptors (Lipinski definition) is 3. The van der Waals surface area contributed by atoms with Gasteiger partial charge in [-0.05, 0) is 30.8 Å². The molecule has 4 nitrogen and oxygen atoms in total. The van der Waals surface area contributed by atoms with Crippen molar-refractivity contribution in [1.29, 1.82) is 0 Å². The van der Waals surface area contributed by atoms with Gasteiger partial charge in [-0.1, -0.05) is 53.5 Å². The molecule has 6 heteroatoms. The smallest absolute Gasteiger partial charge is 0.238 e. The van der Waals surface area contributed by atoms with Gasteiger partial charge in [-0.25, -0.2) is 0 Å². The minimum Gasteiger partial charge on any atom is -0.324 e. The third-order valence-corrected chi connectivity index (χ3v) is 4.99. The van der Waals surface area contributed by atoms with E-state index in [1.165, 1.54) is 5.56 Å². The number of nitrogens with one attached hydrogen (secondary N) is 1. The number of benzene rings is 2. The summed E-state index contributed by atoms with van der Waals surface area (Å²) >= 11 is 12.1. The Morgan fingerprint density at radius 1 is 1.16 bits per heavy atom. The fraction of sp³-hybridized carbons (Fsp3) is 0.316. The van der Waals surface area contributed by atoms with Gasteiger partial charge in [0.15, 0.2) is 0 Å². The second-order valence-corrected chi connectivity index (χ2v) is 7.18. The summed E-state index contributed by atoms with van der Waals surface area (Å²) in [4.78, 5) is 17.0. The van der Waals surface area contributed by atoms with E-state index in [0.717, 1.165) is 19.6 Å². The Labute approximate surface area is 158 Å². The topological polar surface area (TPSA) is 35.6 Å². The van der Waals surface area contributed by atoms with Crippen molar-refractivity contribution < 1.29 is 4.79 Å². The Morgan fingerprint density at radius 2 is 1.92 bits per heavy atom. The standard InChI is InChI=1S/C19H21Cl2N3O/c1-23-9-10-24(18(12-23)14-5-3-2-4-6-14)13-19(25)22-17-11-15(20)7-8-16(17)21/h2-8,11,18H,9-10,12-13H2,1H3,(H,22,25). The van der Waals surface area contributed by atoms with E-state index in [2.05, 4.69) is 34.3 Å². The summed E-state index contributed by atoms with van der Waals surface area (Å²) in [5.41, 5.74) is 1.77. The molecular weight excluding hydrogens is 357 g/mol. The second kappa shape index (κ2) is 8.19. The van der Waals surface area contributed by atoms with Crippen LogP contribution in [-0.2, 0) is 4.79 Å². The number of halogens is 2. The average Bonchev–Trinajstić information content (AvgIpc) is 2.60. The summed E-state index contributed by atoms with van der Waals surface area (Å²) in [6.45, 7) is 2.99. The SMILES string of the molecule is CN1CCN(CC(=O)Nc2cc(Cl)ccc2Cl)C(c2ccccc2)C1. The quantitative estimate of drug-likeness (QED) is 0.876. The highest BCUT2D eigenvalue weighted by atomic mass is 35.5. The van der Waals surface area contributed by atoms with Crippen LogP contribution >= 0.6 is 23.2 Å². The number of hydrogen-bond donors (Lipinski definition) is 1. The number of piperazine rings is 1. The average molecular weight is 378 g/mol. The molecule has 1 heterocycles. The number of anilines is 1. The molecule has 0 radical (unpaired) electrons. The molecular formula is C19H21Cl2N3O. The van der Waals surface area contributed by atoms with Crippen LogP contribution in [0.15, 0.2) is 48.5 Å². The number of carbonyl (C=O) groups is 1. The Bertz CT molecular complexity index is 739. The van der Waals surface area contributed by atoms with Crippen molar-refractivity contribution in [2.45, 2.75) is 6.04 Å². The van der Waals surface area contributed by atoms with Gasteiger partial charge < -0.3 is 10.2 Å². The Morgan fingerprint density at radius 3 is 2.68 bits per heavy atom. The van der Waals surface area contributed by atoms with Crippen molar-refractivity contribution >= 4 is 34.8 Å². The van der Waals surface area contributed by atoms with Crippen molar-refractivity contribution in [3.8, 4) is 0 Å². The second-order valence-electron chi connectivity index (χ2n) is 6.33. The Kier molecular flexibility index (Phi) is 5.97. The molecule has 0 spiro atoms. The lowest BCUT2D eigenvalue weighted by Gasteiger charge is -2.40. The molecule has 25 heavy (non-hydrogen) atoms. The number of carbonyl (C=O) groups excluding carboxylic acids is 1. The zero-order chi connectivity index (χ0) is 17.8. The van der Waals surface area contributed by atoms with E-state index in [-0.39, 0.29) is 11.9 Å². The molecule has 2 aromatic rings. The van der Waals surface area contributed by atoms with Crippen molar-refractivity contribution in [3.05, 3.63) is 64.1 Å². The molecule has 1 atom stereocenters. The van der Waals surface area contributed by atoms with E-state index in [0.29, 0.717) is 22.3 Å². The summed E-state index contributed by atoms with van der Waals surface area (Å²) in [7, 11) is 2.11. The predicted octanol–water partition coefficient (Wildman–Crippen LogP) is 3.92. The minimum absolute atomic E-state index is 0.0883. The molecule has 1 N–H and O–H groups in total.